The molecule has 0 aliphatic carbocycles. The summed E-state index contributed by atoms with van der Waals surface area (Å²) in [6, 6.07) is 7.81. The maximum Gasteiger partial charge on any atom is 0.427 e. The number of nitrogens with one attached hydrogen (secondary N) is 1. The molecule has 0 fully saturated rings. The Morgan fingerprint density at radius 1 is 1.18 bits per heavy atom. The maximum atomic E-state index is 12.7. The monoisotopic (exact) mass is 496 g/mol. The molecular formula is C22H27F3N4O2SSi. The molecule has 178 valence electrons. The van der Waals surface area contributed by atoms with Gasteiger partial charge in [-0.2, -0.15) is 18.3 Å². The number of alkyl halides is 3. The molecular weight excluding hydrogens is 469 g/mol. The Morgan fingerprint density at radius 3 is 2.55 bits per heavy atom. The van der Waals surface area contributed by atoms with Crippen molar-refractivity contribution >= 4 is 30.7 Å². The van der Waals surface area contributed by atoms with Gasteiger partial charge in [-0.05, 0) is 41.4 Å². The van der Waals surface area contributed by atoms with E-state index in [-0.39, 0.29) is 16.6 Å². The number of thiazole rings is 1. The van der Waals surface area contributed by atoms with Crippen molar-refractivity contribution < 1.29 is 22.4 Å². The third-order valence-corrected chi connectivity index (χ3v) is 11.0. The fourth-order valence-corrected chi connectivity index (χ4v) is 4.33. The molecule has 0 unspecified atom stereocenters. The number of hydrogen-bond acceptors (Lipinski definition) is 5. The van der Waals surface area contributed by atoms with Crippen molar-refractivity contribution in [3.63, 3.8) is 0 Å². The summed E-state index contributed by atoms with van der Waals surface area (Å²) >= 11 is 0.392. The third kappa shape index (κ3) is 6.52. The fraction of sp³-hybridized carbons (Fsp3) is 0.409. The van der Waals surface area contributed by atoms with Crippen LogP contribution in [0.1, 0.15) is 36.8 Å². The second-order valence-corrected chi connectivity index (χ2v) is 15.1. The van der Waals surface area contributed by atoms with Gasteiger partial charge >= 0.3 is 6.18 Å². The van der Waals surface area contributed by atoms with Crippen molar-refractivity contribution in [3.8, 4) is 5.69 Å². The van der Waals surface area contributed by atoms with Crippen molar-refractivity contribution in [1.82, 2.24) is 14.8 Å². The summed E-state index contributed by atoms with van der Waals surface area (Å²) in [6.07, 6.45) is -0.529. The first kappa shape index (κ1) is 25.1. The van der Waals surface area contributed by atoms with Crippen molar-refractivity contribution in [2.75, 3.05) is 5.32 Å². The molecule has 0 spiro atoms. The van der Waals surface area contributed by atoms with E-state index >= 15 is 0 Å². The predicted molar refractivity (Wildman–Crippen MR) is 125 cm³/mol. The van der Waals surface area contributed by atoms with Crippen LogP contribution in [0.5, 0.6) is 0 Å². The van der Waals surface area contributed by atoms with E-state index in [9.17, 15) is 18.0 Å². The van der Waals surface area contributed by atoms with E-state index in [0.29, 0.717) is 29.7 Å². The number of benzene rings is 1. The number of nitrogens with zero attached hydrogens (tertiary/aromatic N) is 3. The van der Waals surface area contributed by atoms with Gasteiger partial charge in [-0.3, -0.25) is 4.79 Å². The minimum absolute atomic E-state index is 0.0326. The highest BCUT2D eigenvalue weighted by Crippen LogP contribution is 2.37. The fourth-order valence-electron chi connectivity index (χ4n) is 2.67. The van der Waals surface area contributed by atoms with E-state index in [1.807, 2.05) is 24.3 Å². The van der Waals surface area contributed by atoms with Crippen LogP contribution in [-0.2, 0) is 28.4 Å². The minimum atomic E-state index is -4.48. The molecule has 1 N–H and O–H groups in total. The van der Waals surface area contributed by atoms with Gasteiger partial charge < -0.3 is 9.74 Å². The molecule has 2 heterocycles. The van der Waals surface area contributed by atoms with Crippen LogP contribution in [0.4, 0.5) is 18.3 Å². The van der Waals surface area contributed by atoms with E-state index in [2.05, 4.69) is 49.3 Å². The molecule has 1 aromatic carbocycles. The Bertz CT molecular complexity index is 1120. The molecule has 0 atom stereocenters. The highest BCUT2D eigenvalue weighted by molar-refractivity contribution is 7.15. The van der Waals surface area contributed by atoms with Gasteiger partial charge in [0.25, 0.3) is 0 Å². The predicted octanol–water partition coefficient (Wildman–Crippen LogP) is 6.05. The zero-order chi connectivity index (χ0) is 24.4. The Labute approximate surface area is 195 Å². The van der Waals surface area contributed by atoms with E-state index in [1.54, 1.807) is 17.1 Å². The van der Waals surface area contributed by atoms with Crippen LogP contribution < -0.4 is 5.32 Å². The van der Waals surface area contributed by atoms with Gasteiger partial charge in [-0.1, -0.05) is 44.2 Å². The average Bonchev–Trinajstić information content (AvgIpc) is 3.35. The number of halogens is 3. The number of carbonyl (C=O) groups excluding carboxylic acids is 1. The van der Waals surface area contributed by atoms with Crippen molar-refractivity contribution in [1.29, 1.82) is 0 Å². The summed E-state index contributed by atoms with van der Waals surface area (Å²) < 4.78 is 46.0. The highest BCUT2D eigenvalue weighted by Gasteiger charge is 2.37. The summed E-state index contributed by atoms with van der Waals surface area (Å²) in [5.74, 6) is -0.464. The van der Waals surface area contributed by atoms with E-state index in [1.165, 1.54) is 0 Å². The normalized spacial score (nSPS) is 12.7. The van der Waals surface area contributed by atoms with Crippen molar-refractivity contribution in [2.24, 2.45) is 0 Å². The summed E-state index contributed by atoms with van der Waals surface area (Å²) in [5.41, 5.74) is 2.48. The number of rotatable bonds is 7. The van der Waals surface area contributed by atoms with Gasteiger partial charge in [0.05, 0.1) is 31.1 Å². The molecule has 2 aromatic heterocycles. The Kier molecular flexibility index (Phi) is 7.15. The van der Waals surface area contributed by atoms with Gasteiger partial charge in [-0.25, -0.2) is 9.67 Å². The van der Waals surface area contributed by atoms with Crippen LogP contribution in [0, 0.1) is 0 Å². The van der Waals surface area contributed by atoms with Gasteiger partial charge in [0, 0.05) is 6.20 Å². The summed E-state index contributed by atoms with van der Waals surface area (Å²) in [5, 5.41) is 6.75. The van der Waals surface area contributed by atoms with E-state index < -0.39 is 25.3 Å². The number of aromatic nitrogens is 3. The Morgan fingerprint density at radius 2 is 1.91 bits per heavy atom. The SMILES string of the molecule is CC(C)(C)[Si](C)(C)OCc1cccc(-n2cc(CC(=O)Nc3ncc(C(F)(F)F)s3)cn2)c1. The largest absolute Gasteiger partial charge is 0.427 e. The number of hydrogen-bond donors (Lipinski definition) is 1. The van der Waals surface area contributed by atoms with Crippen LogP contribution in [0.3, 0.4) is 0 Å². The lowest BCUT2D eigenvalue weighted by Gasteiger charge is -2.36. The molecule has 3 aromatic rings. The van der Waals surface area contributed by atoms with Crippen LogP contribution >= 0.6 is 11.3 Å². The number of amides is 1. The van der Waals surface area contributed by atoms with Gasteiger partial charge in [0.1, 0.15) is 4.88 Å². The quantitative estimate of drug-likeness (QED) is 0.404. The first-order valence-electron chi connectivity index (χ1n) is 10.3. The van der Waals surface area contributed by atoms with Crippen LogP contribution in [0.25, 0.3) is 5.69 Å². The second-order valence-electron chi connectivity index (χ2n) is 9.26. The lowest BCUT2D eigenvalue weighted by atomic mass is 10.2. The van der Waals surface area contributed by atoms with Crippen LogP contribution in [0.2, 0.25) is 18.1 Å². The topological polar surface area (TPSA) is 69.0 Å². The van der Waals surface area contributed by atoms with Gasteiger partial charge in [0.15, 0.2) is 13.4 Å². The molecule has 33 heavy (non-hydrogen) atoms. The molecule has 6 nitrogen and oxygen atoms in total. The lowest BCUT2D eigenvalue weighted by Crippen LogP contribution is -2.40. The summed E-state index contributed by atoms with van der Waals surface area (Å²) in [4.78, 5) is 15.0. The number of carbonyl (C=O) groups is 1. The zero-order valence-corrected chi connectivity index (χ0v) is 21.0. The molecule has 11 heteroatoms. The van der Waals surface area contributed by atoms with E-state index in [4.69, 9.17) is 4.43 Å². The maximum absolute atomic E-state index is 12.7. The molecule has 0 saturated heterocycles. The summed E-state index contributed by atoms with van der Waals surface area (Å²) in [6.45, 7) is 11.5. The molecule has 0 aliphatic rings. The second kappa shape index (κ2) is 9.39. The first-order valence-corrected chi connectivity index (χ1v) is 14.1. The molecule has 0 saturated carbocycles. The van der Waals surface area contributed by atoms with Crippen LogP contribution in [0.15, 0.2) is 42.9 Å². The highest BCUT2D eigenvalue weighted by atomic mass is 32.1. The molecule has 1 amide bonds. The summed E-state index contributed by atoms with van der Waals surface area (Å²) in [7, 11) is -1.87. The average molecular weight is 497 g/mol. The standard InChI is InChI=1S/C22H27F3N4O2SSi/c1-21(2,3)33(4,5)31-14-15-7-6-8-17(9-15)29-13-16(11-27-29)10-19(30)28-20-26-12-18(32-20)22(23,24)25/h6-9,11-13H,10,14H2,1-5H3,(H,26,28,30). The Hall–Kier alpha value is -2.50. The molecule has 3 rings (SSSR count). The molecule has 0 aliphatic heterocycles. The smallest absolute Gasteiger partial charge is 0.413 e. The molecule has 0 bridgehead atoms. The number of anilines is 1. The zero-order valence-electron chi connectivity index (χ0n) is 19.2. The Balaban J connectivity index is 1.62. The third-order valence-electron chi connectivity index (χ3n) is 5.61. The lowest BCUT2D eigenvalue weighted by molar-refractivity contribution is -0.134. The first-order chi connectivity index (χ1) is 15.2. The van der Waals surface area contributed by atoms with Gasteiger partial charge in [0.2, 0.25) is 5.91 Å². The van der Waals surface area contributed by atoms with E-state index in [0.717, 1.165) is 11.3 Å². The molecule has 0 radical (unpaired) electrons. The van der Waals surface area contributed by atoms with Gasteiger partial charge in [-0.15, -0.1) is 0 Å². The van der Waals surface area contributed by atoms with Crippen molar-refractivity contribution in [2.45, 2.75) is 58.1 Å². The minimum Gasteiger partial charge on any atom is -0.413 e. The van der Waals surface area contributed by atoms with Crippen LogP contribution in [-0.4, -0.2) is 29.0 Å². The van der Waals surface area contributed by atoms with Crippen molar-refractivity contribution in [3.05, 3.63) is 58.9 Å².